The second kappa shape index (κ2) is 3.46. The van der Waals surface area contributed by atoms with Gasteiger partial charge in [0.2, 0.25) is 5.82 Å². The summed E-state index contributed by atoms with van der Waals surface area (Å²) in [5.41, 5.74) is 0. The van der Waals surface area contributed by atoms with E-state index in [2.05, 4.69) is 10.2 Å². The number of aromatic nitrogens is 3. The van der Waals surface area contributed by atoms with E-state index in [0.717, 1.165) is 4.57 Å². The standard InChI is InChI=1S/C8H8F3N3O2/c9-8(10,11)4-1-2-5-12-13-6(7(15)16)14(5)3-4/h4H,1-3H2,(H,15,16). The first kappa shape index (κ1) is 10.9. The molecule has 0 saturated heterocycles. The zero-order valence-electron chi connectivity index (χ0n) is 8.03. The van der Waals surface area contributed by atoms with Gasteiger partial charge in [0, 0.05) is 13.0 Å². The third-order valence-corrected chi connectivity index (χ3v) is 2.60. The van der Waals surface area contributed by atoms with Crippen LogP contribution in [0.25, 0.3) is 0 Å². The van der Waals surface area contributed by atoms with Crippen molar-refractivity contribution in [1.29, 1.82) is 0 Å². The smallest absolute Gasteiger partial charge is 0.393 e. The normalized spacial score (nSPS) is 20.6. The summed E-state index contributed by atoms with van der Waals surface area (Å²) in [6.45, 7) is -0.409. The highest BCUT2D eigenvalue weighted by Crippen LogP contribution is 2.34. The molecule has 0 radical (unpaired) electrons. The predicted octanol–water partition coefficient (Wildman–Crippen LogP) is 1.10. The monoisotopic (exact) mass is 235 g/mol. The number of carboxylic acids is 1. The van der Waals surface area contributed by atoms with Gasteiger partial charge in [-0.25, -0.2) is 4.79 Å². The number of carbonyl (C=O) groups is 1. The topological polar surface area (TPSA) is 68.0 Å². The number of rotatable bonds is 1. The van der Waals surface area contributed by atoms with Crippen molar-refractivity contribution >= 4 is 5.97 Å². The van der Waals surface area contributed by atoms with Crippen molar-refractivity contribution in [3.8, 4) is 0 Å². The Morgan fingerprint density at radius 3 is 2.69 bits per heavy atom. The molecular formula is C8H8F3N3O2. The lowest BCUT2D eigenvalue weighted by atomic mass is 9.99. The van der Waals surface area contributed by atoms with E-state index in [0.29, 0.717) is 5.82 Å². The largest absolute Gasteiger partial charge is 0.475 e. The molecule has 0 saturated carbocycles. The summed E-state index contributed by atoms with van der Waals surface area (Å²) < 4.78 is 38.5. The molecule has 0 amide bonds. The molecule has 0 aromatic carbocycles. The first-order valence-corrected chi connectivity index (χ1v) is 4.61. The van der Waals surface area contributed by atoms with E-state index < -0.39 is 30.4 Å². The van der Waals surface area contributed by atoms with Crippen molar-refractivity contribution in [2.75, 3.05) is 0 Å². The average Bonchev–Trinajstić information content (AvgIpc) is 2.58. The van der Waals surface area contributed by atoms with E-state index in [1.54, 1.807) is 0 Å². The van der Waals surface area contributed by atoms with E-state index >= 15 is 0 Å². The molecule has 1 aromatic heterocycles. The lowest BCUT2D eigenvalue weighted by molar-refractivity contribution is -0.182. The third kappa shape index (κ3) is 1.74. The highest BCUT2D eigenvalue weighted by molar-refractivity contribution is 5.83. The van der Waals surface area contributed by atoms with Gasteiger partial charge >= 0.3 is 12.1 Å². The van der Waals surface area contributed by atoms with Crippen LogP contribution in [0.3, 0.4) is 0 Å². The number of hydrogen-bond donors (Lipinski definition) is 1. The van der Waals surface area contributed by atoms with E-state index in [1.807, 2.05) is 0 Å². The minimum atomic E-state index is -4.31. The SMILES string of the molecule is O=C(O)c1nnc2n1CC(C(F)(F)F)CC2. The number of nitrogens with zero attached hydrogens (tertiary/aromatic N) is 3. The summed E-state index contributed by atoms with van der Waals surface area (Å²) in [7, 11) is 0. The number of hydrogen-bond acceptors (Lipinski definition) is 3. The lowest BCUT2D eigenvalue weighted by Crippen LogP contribution is -2.33. The van der Waals surface area contributed by atoms with Crippen LogP contribution < -0.4 is 0 Å². The molecule has 0 fully saturated rings. The molecular weight excluding hydrogens is 227 g/mol. The van der Waals surface area contributed by atoms with Gasteiger partial charge in [0.05, 0.1) is 5.92 Å². The van der Waals surface area contributed by atoms with E-state index in [4.69, 9.17) is 5.11 Å². The highest BCUT2D eigenvalue weighted by atomic mass is 19.4. The Bertz CT molecular complexity index is 427. The molecule has 1 aliphatic rings. The van der Waals surface area contributed by atoms with Gasteiger partial charge in [-0.05, 0) is 6.42 Å². The highest BCUT2D eigenvalue weighted by Gasteiger charge is 2.42. The molecule has 2 heterocycles. The van der Waals surface area contributed by atoms with Gasteiger partial charge in [-0.3, -0.25) is 0 Å². The minimum absolute atomic E-state index is 0.0682. The van der Waals surface area contributed by atoms with Crippen molar-refractivity contribution in [3.63, 3.8) is 0 Å². The zero-order chi connectivity index (χ0) is 11.9. The molecule has 0 spiro atoms. The number of carboxylic acid groups (broad SMARTS) is 1. The molecule has 1 unspecified atom stereocenters. The van der Waals surface area contributed by atoms with Crippen molar-refractivity contribution < 1.29 is 23.1 Å². The molecule has 16 heavy (non-hydrogen) atoms. The van der Waals surface area contributed by atoms with Crippen molar-refractivity contribution in [2.24, 2.45) is 5.92 Å². The van der Waals surface area contributed by atoms with Crippen molar-refractivity contribution in [3.05, 3.63) is 11.6 Å². The van der Waals surface area contributed by atoms with Gasteiger partial charge in [-0.1, -0.05) is 0 Å². The molecule has 2 rings (SSSR count). The molecule has 0 aliphatic carbocycles. The Hall–Kier alpha value is -1.60. The fourth-order valence-electron chi connectivity index (χ4n) is 1.75. The minimum Gasteiger partial charge on any atom is -0.475 e. The third-order valence-electron chi connectivity index (χ3n) is 2.60. The Morgan fingerprint density at radius 2 is 2.12 bits per heavy atom. The van der Waals surface area contributed by atoms with Gasteiger partial charge in [-0.15, -0.1) is 10.2 Å². The number of fused-ring (bicyclic) bond motifs is 1. The van der Waals surface area contributed by atoms with Crippen LogP contribution in [0.1, 0.15) is 22.9 Å². The number of aromatic carboxylic acids is 1. The van der Waals surface area contributed by atoms with Gasteiger partial charge in [0.1, 0.15) is 5.82 Å². The Morgan fingerprint density at radius 1 is 1.44 bits per heavy atom. The van der Waals surface area contributed by atoms with E-state index in [-0.39, 0.29) is 12.8 Å². The van der Waals surface area contributed by atoms with Crippen LogP contribution in [-0.4, -0.2) is 32.0 Å². The zero-order valence-corrected chi connectivity index (χ0v) is 8.03. The summed E-state index contributed by atoms with van der Waals surface area (Å²) in [5, 5.41) is 15.6. The van der Waals surface area contributed by atoms with Gasteiger partial charge in [0.25, 0.3) is 0 Å². The van der Waals surface area contributed by atoms with Crippen LogP contribution in [0.5, 0.6) is 0 Å². The van der Waals surface area contributed by atoms with Gasteiger partial charge < -0.3 is 9.67 Å². The first-order chi connectivity index (χ1) is 7.39. The maximum absolute atomic E-state index is 12.5. The first-order valence-electron chi connectivity index (χ1n) is 4.61. The fraction of sp³-hybridized carbons (Fsp3) is 0.625. The van der Waals surface area contributed by atoms with Crippen LogP contribution >= 0.6 is 0 Å². The Balaban J connectivity index is 2.31. The quantitative estimate of drug-likeness (QED) is 0.791. The maximum Gasteiger partial charge on any atom is 0.393 e. The summed E-state index contributed by atoms with van der Waals surface area (Å²) in [6.07, 6.45) is -4.27. The van der Waals surface area contributed by atoms with Crippen LogP contribution in [-0.2, 0) is 13.0 Å². The van der Waals surface area contributed by atoms with Gasteiger partial charge in [0.15, 0.2) is 0 Å². The van der Waals surface area contributed by atoms with Crippen LogP contribution in [0.15, 0.2) is 0 Å². The average molecular weight is 235 g/mol. The lowest BCUT2D eigenvalue weighted by Gasteiger charge is -2.25. The molecule has 1 atom stereocenters. The molecule has 1 aliphatic heterocycles. The summed E-state index contributed by atoms with van der Waals surface area (Å²) >= 11 is 0. The van der Waals surface area contributed by atoms with E-state index in [9.17, 15) is 18.0 Å². The van der Waals surface area contributed by atoms with Crippen LogP contribution in [0, 0.1) is 5.92 Å². The maximum atomic E-state index is 12.5. The van der Waals surface area contributed by atoms with Crippen molar-refractivity contribution in [1.82, 2.24) is 14.8 Å². The van der Waals surface area contributed by atoms with Crippen LogP contribution in [0.4, 0.5) is 13.2 Å². The second-order valence-corrected chi connectivity index (χ2v) is 3.63. The predicted molar refractivity (Wildman–Crippen MR) is 44.8 cm³/mol. The number of alkyl halides is 3. The number of aryl methyl sites for hydroxylation is 1. The number of halogens is 3. The van der Waals surface area contributed by atoms with E-state index in [1.165, 1.54) is 0 Å². The van der Waals surface area contributed by atoms with Crippen molar-refractivity contribution in [2.45, 2.75) is 25.6 Å². The second-order valence-electron chi connectivity index (χ2n) is 3.63. The molecule has 1 aromatic rings. The Labute approximate surface area is 87.9 Å². The molecule has 1 N–H and O–H groups in total. The summed E-state index contributed by atoms with van der Waals surface area (Å²) in [6, 6.07) is 0. The molecule has 0 bridgehead atoms. The molecule has 8 heteroatoms. The summed E-state index contributed by atoms with van der Waals surface area (Å²) in [4.78, 5) is 10.7. The summed E-state index contributed by atoms with van der Waals surface area (Å²) in [5.74, 6) is -3.00. The molecule has 88 valence electrons. The molecule has 5 nitrogen and oxygen atoms in total. The fourth-order valence-corrected chi connectivity index (χ4v) is 1.75. The van der Waals surface area contributed by atoms with Crippen LogP contribution in [0.2, 0.25) is 0 Å². The van der Waals surface area contributed by atoms with Gasteiger partial charge in [-0.2, -0.15) is 13.2 Å². The Kier molecular flexibility index (Phi) is 2.36.